The van der Waals surface area contributed by atoms with E-state index >= 15 is 0 Å². The number of phenols is 2. The van der Waals surface area contributed by atoms with Crippen molar-refractivity contribution in [2.24, 2.45) is 0 Å². The fourth-order valence-electron chi connectivity index (χ4n) is 2.29. The van der Waals surface area contributed by atoms with Crippen LogP contribution in [0.15, 0.2) is 46.5 Å². The van der Waals surface area contributed by atoms with E-state index in [9.17, 15) is 23.4 Å². The van der Waals surface area contributed by atoms with Crippen LogP contribution in [-0.4, -0.2) is 52.5 Å². The van der Waals surface area contributed by atoms with E-state index in [1.54, 1.807) is 19.9 Å². The van der Waals surface area contributed by atoms with Gasteiger partial charge in [-0.3, -0.25) is 4.79 Å². The molecule has 2 N–H and O–H groups in total. The number of hydrogen-bond donors (Lipinski definition) is 2. The second-order valence-electron chi connectivity index (χ2n) is 5.33. The number of carbonyl (C=O) groups excluding carboxylic acids is 1. The van der Waals surface area contributed by atoms with Crippen LogP contribution in [0.4, 0.5) is 0 Å². The molecule has 0 aliphatic carbocycles. The Hall–Kier alpha value is -2.10. The quantitative estimate of drug-likeness (QED) is 0.521. The van der Waals surface area contributed by atoms with Gasteiger partial charge in [0.25, 0.3) is 0 Å². The molecule has 0 radical (unpaired) electrons. The number of thioether (sulfide) groups is 1. The molecule has 0 saturated carbocycles. The predicted molar refractivity (Wildman–Crippen MR) is 99.2 cm³/mol. The number of benzene rings is 1. The van der Waals surface area contributed by atoms with E-state index in [1.165, 1.54) is 28.7 Å². The van der Waals surface area contributed by atoms with Crippen molar-refractivity contribution in [1.82, 2.24) is 9.29 Å². The summed E-state index contributed by atoms with van der Waals surface area (Å²) in [5.74, 6) is -0.718. The number of nitrogens with zero attached hydrogens (tertiary/aromatic N) is 2. The largest absolute Gasteiger partial charge is 0.508 e. The topological polar surface area (TPSA) is 108 Å². The van der Waals surface area contributed by atoms with E-state index in [1.807, 2.05) is 0 Å². The highest BCUT2D eigenvalue weighted by Crippen LogP contribution is 2.26. The lowest BCUT2D eigenvalue weighted by molar-refractivity contribution is 0.102. The number of phenolic OH excluding ortho intramolecular Hbond substituents is 2. The number of rotatable bonds is 8. The second-order valence-corrected chi connectivity index (χ2v) is 8.27. The zero-order valence-electron chi connectivity index (χ0n) is 14.4. The number of aromatic hydroxyl groups is 2. The SMILES string of the molecule is CCN(CC)S(=O)(=O)c1ccc(SCC(=O)c2ccc(O)cc2O)nc1. The molecule has 26 heavy (non-hydrogen) atoms. The molecule has 0 fully saturated rings. The highest BCUT2D eigenvalue weighted by atomic mass is 32.2. The maximum absolute atomic E-state index is 12.4. The molecule has 1 aromatic carbocycles. The molecule has 1 heterocycles. The maximum atomic E-state index is 12.4. The molecule has 0 bridgehead atoms. The third-order valence-corrected chi connectivity index (χ3v) is 6.66. The van der Waals surface area contributed by atoms with Crippen LogP contribution in [0.2, 0.25) is 0 Å². The first-order valence-electron chi connectivity index (χ1n) is 7.93. The Labute approximate surface area is 156 Å². The van der Waals surface area contributed by atoms with Crippen molar-refractivity contribution >= 4 is 27.6 Å². The predicted octanol–water partition coefficient (Wildman–Crippen LogP) is 2.50. The third-order valence-electron chi connectivity index (χ3n) is 3.69. The van der Waals surface area contributed by atoms with Gasteiger partial charge in [0.15, 0.2) is 5.78 Å². The summed E-state index contributed by atoms with van der Waals surface area (Å²) in [6, 6.07) is 6.78. The Kier molecular flexibility index (Phi) is 6.63. The summed E-state index contributed by atoms with van der Waals surface area (Å²) in [7, 11) is -3.56. The van der Waals surface area contributed by atoms with Crippen LogP contribution in [0.5, 0.6) is 11.5 Å². The molecule has 0 atom stereocenters. The van der Waals surface area contributed by atoms with Crippen LogP contribution >= 0.6 is 11.8 Å². The van der Waals surface area contributed by atoms with Crippen LogP contribution in [-0.2, 0) is 10.0 Å². The minimum atomic E-state index is -3.56. The normalized spacial score (nSPS) is 11.7. The Morgan fingerprint density at radius 2 is 1.85 bits per heavy atom. The monoisotopic (exact) mass is 396 g/mol. The summed E-state index contributed by atoms with van der Waals surface area (Å²) in [5.41, 5.74) is 0.107. The molecular weight excluding hydrogens is 376 g/mol. The van der Waals surface area contributed by atoms with Crippen LogP contribution < -0.4 is 0 Å². The van der Waals surface area contributed by atoms with Gasteiger partial charge in [-0.05, 0) is 24.3 Å². The first-order valence-corrected chi connectivity index (χ1v) is 10.4. The highest BCUT2D eigenvalue weighted by Gasteiger charge is 2.22. The van der Waals surface area contributed by atoms with Crippen LogP contribution in [0.25, 0.3) is 0 Å². The lowest BCUT2D eigenvalue weighted by Gasteiger charge is -2.18. The summed E-state index contributed by atoms with van der Waals surface area (Å²) in [5, 5.41) is 19.5. The van der Waals surface area contributed by atoms with Crippen molar-refractivity contribution < 1.29 is 23.4 Å². The average molecular weight is 396 g/mol. The van der Waals surface area contributed by atoms with Gasteiger partial charge in [-0.15, -0.1) is 0 Å². The molecule has 9 heteroatoms. The average Bonchev–Trinajstić information content (AvgIpc) is 2.61. The number of Topliss-reactive ketones (excluding diaryl/α,β-unsaturated/α-hetero) is 1. The van der Waals surface area contributed by atoms with Gasteiger partial charge in [-0.1, -0.05) is 25.6 Å². The lowest BCUT2D eigenvalue weighted by Crippen LogP contribution is -2.30. The number of sulfonamides is 1. The fraction of sp³-hybridized carbons (Fsp3) is 0.294. The number of hydrogen-bond acceptors (Lipinski definition) is 7. The number of pyridine rings is 1. The number of carbonyl (C=O) groups is 1. The molecule has 0 spiro atoms. The smallest absolute Gasteiger partial charge is 0.244 e. The minimum Gasteiger partial charge on any atom is -0.508 e. The molecule has 0 aliphatic rings. The Bertz CT molecular complexity index is 879. The Morgan fingerprint density at radius 3 is 2.38 bits per heavy atom. The van der Waals surface area contributed by atoms with E-state index in [0.717, 1.165) is 17.8 Å². The summed E-state index contributed by atoms with van der Waals surface area (Å²) in [4.78, 5) is 16.4. The minimum absolute atomic E-state index is 0.0213. The van der Waals surface area contributed by atoms with Gasteiger partial charge in [0, 0.05) is 25.4 Å². The lowest BCUT2D eigenvalue weighted by atomic mass is 10.1. The first-order chi connectivity index (χ1) is 12.3. The fourth-order valence-corrected chi connectivity index (χ4v) is 4.42. The molecule has 140 valence electrons. The van der Waals surface area contributed by atoms with Crippen molar-refractivity contribution in [3.63, 3.8) is 0 Å². The van der Waals surface area contributed by atoms with Crippen LogP contribution in [0, 0.1) is 0 Å². The summed E-state index contributed by atoms with van der Waals surface area (Å²) in [6.07, 6.45) is 1.28. The third kappa shape index (κ3) is 4.54. The van der Waals surface area contributed by atoms with E-state index in [2.05, 4.69) is 4.98 Å². The molecule has 0 aliphatic heterocycles. The van der Waals surface area contributed by atoms with Crippen molar-refractivity contribution in [1.29, 1.82) is 0 Å². The van der Waals surface area contributed by atoms with Crippen molar-refractivity contribution in [3.8, 4) is 11.5 Å². The Morgan fingerprint density at radius 1 is 1.15 bits per heavy atom. The molecule has 2 rings (SSSR count). The molecular formula is C17H20N2O5S2. The van der Waals surface area contributed by atoms with Crippen molar-refractivity contribution in [3.05, 3.63) is 42.1 Å². The summed E-state index contributed by atoms with van der Waals surface area (Å²) < 4.78 is 26.1. The molecule has 7 nitrogen and oxygen atoms in total. The second kappa shape index (κ2) is 8.52. The maximum Gasteiger partial charge on any atom is 0.244 e. The van der Waals surface area contributed by atoms with Crippen LogP contribution in [0.3, 0.4) is 0 Å². The van der Waals surface area contributed by atoms with Crippen molar-refractivity contribution in [2.75, 3.05) is 18.8 Å². The van der Waals surface area contributed by atoms with Gasteiger partial charge in [0.2, 0.25) is 10.0 Å². The van der Waals surface area contributed by atoms with Crippen molar-refractivity contribution in [2.45, 2.75) is 23.8 Å². The van der Waals surface area contributed by atoms with Gasteiger partial charge >= 0.3 is 0 Å². The highest BCUT2D eigenvalue weighted by molar-refractivity contribution is 7.99. The van der Waals surface area contributed by atoms with Gasteiger partial charge in [-0.2, -0.15) is 4.31 Å². The molecule has 1 aromatic heterocycles. The standard InChI is InChI=1S/C17H20N2O5S2/c1-3-19(4-2)26(23,24)13-6-8-17(18-10-13)25-11-16(22)14-7-5-12(20)9-15(14)21/h5-10,20-21H,3-4,11H2,1-2H3. The molecule has 2 aromatic rings. The van der Waals surface area contributed by atoms with E-state index in [0.29, 0.717) is 18.1 Å². The van der Waals surface area contributed by atoms with E-state index in [4.69, 9.17) is 0 Å². The summed E-state index contributed by atoms with van der Waals surface area (Å²) >= 11 is 1.13. The zero-order chi connectivity index (χ0) is 19.3. The first kappa shape index (κ1) is 20.2. The molecule has 0 saturated heterocycles. The van der Waals surface area contributed by atoms with Gasteiger partial charge < -0.3 is 10.2 Å². The Balaban J connectivity index is 2.07. The van der Waals surface area contributed by atoms with Gasteiger partial charge in [0.1, 0.15) is 16.4 Å². The van der Waals surface area contributed by atoms with Gasteiger partial charge in [0.05, 0.1) is 16.3 Å². The van der Waals surface area contributed by atoms with Gasteiger partial charge in [-0.25, -0.2) is 13.4 Å². The van der Waals surface area contributed by atoms with E-state index in [-0.39, 0.29) is 33.5 Å². The van der Waals surface area contributed by atoms with E-state index < -0.39 is 10.0 Å². The molecule has 0 amide bonds. The van der Waals surface area contributed by atoms with Crippen LogP contribution in [0.1, 0.15) is 24.2 Å². The zero-order valence-corrected chi connectivity index (χ0v) is 16.0. The molecule has 0 unspecified atom stereocenters. The number of aromatic nitrogens is 1. The number of ketones is 1. The summed E-state index contributed by atoms with van der Waals surface area (Å²) in [6.45, 7) is 4.28.